The van der Waals surface area contributed by atoms with Crippen LogP contribution in [0, 0.1) is 0 Å². The number of carbonyl (C=O) groups is 1. The van der Waals surface area contributed by atoms with Crippen molar-refractivity contribution in [2.24, 2.45) is 5.73 Å². The molecule has 3 heteroatoms. The highest BCUT2D eigenvalue weighted by molar-refractivity contribution is 5.93. The summed E-state index contributed by atoms with van der Waals surface area (Å²) >= 11 is 0. The minimum absolute atomic E-state index is 0. The Morgan fingerprint density at radius 3 is 1.36 bits per heavy atom. The molecule has 0 saturated heterocycles. The number of carbonyl (C=O) groups excluding carboxylic acids is 1. The van der Waals surface area contributed by atoms with Crippen LogP contribution in [0.3, 0.4) is 0 Å². The molecule has 0 aliphatic heterocycles. The molecule has 0 radical (unpaired) electrons. The summed E-state index contributed by atoms with van der Waals surface area (Å²) in [5.74, 6) is 0.121. The fraction of sp³-hybridized carbons (Fsp3) is 0.240. The summed E-state index contributed by atoms with van der Waals surface area (Å²) in [6, 6.07) is 29.0. The van der Waals surface area contributed by atoms with Gasteiger partial charge in [0.2, 0.25) is 0 Å². The molecule has 2 atom stereocenters. The van der Waals surface area contributed by atoms with Crippen molar-refractivity contribution in [3.63, 3.8) is 0 Å². The predicted octanol–water partition coefficient (Wildman–Crippen LogP) is 6.22. The zero-order chi connectivity index (χ0) is 20.1. The lowest BCUT2D eigenvalue weighted by molar-refractivity contribution is 0.101. The van der Waals surface area contributed by atoms with Gasteiger partial charge in [-0.3, -0.25) is 4.79 Å². The van der Waals surface area contributed by atoms with Crippen molar-refractivity contribution in [3.8, 4) is 0 Å². The number of nitrogens with two attached hydrogens (primary N) is 1. The third kappa shape index (κ3) is 10.4. The lowest BCUT2D eigenvalue weighted by Gasteiger charge is -2.02. The smallest absolute Gasteiger partial charge is 0.159 e. The molecule has 3 rings (SSSR count). The molecular weight excluding hydrogens is 346 g/mol. The third-order valence-corrected chi connectivity index (χ3v) is 3.79. The van der Waals surface area contributed by atoms with Gasteiger partial charge < -0.3 is 10.8 Å². The molecule has 0 heterocycles. The molecule has 0 aromatic heterocycles. The predicted molar refractivity (Wildman–Crippen MR) is 121 cm³/mol. The van der Waals surface area contributed by atoms with Gasteiger partial charge in [-0.1, -0.05) is 98.4 Å². The van der Waals surface area contributed by atoms with Gasteiger partial charge in [-0.25, -0.2) is 0 Å². The average Bonchev–Trinajstić information content (AvgIpc) is 2.71. The Labute approximate surface area is 171 Å². The highest BCUT2D eigenvalue weighted by atomic mass is 16.3. The first-order valence-electron chi connectivity index (χ1n) is 9.01. The molecule has 0 aliphatic rings. The van der Waals surface area contributed by atoms with Gasteiger partial charge >= 0.3 is 0 Å². The maximum Gasteiger partial charge on any atom is 0.159 e. The molecule has 3 aromatic carbocycles. The first kappa shape index (κ1) is 25.2. The molecular formula is C25H35NO2. The second-order valence-electron chi connectivity index (χ2n) is 6.21. The van der Waals surface area contributed by atoms with Gasteiger partial charge in [-0.05, 0) is 31.9 Å². The minimum atomic E-state index is -0.341. The number of hydrogen-bond donors (Lipinski definition) is 2. The van der Waals surface area contributed by atoms with Crippen molar-refractivity contribution >= 4 is 5.78 Å². The van der Waals surface area contributed by atoms with Crippen LogP contribution in [-0.4, -0.2) is 10.9 Å². The number of benzene rings is 3. The summed E-state index contributed by atoms with van der Waals surface area (Å²) in [6.07, 6.45) is -0.341. The second kappa shape index (κ2) is 14.3. The molecule has 3 nitrogen and oxygen atoms in total. The molecule has 3 aromatic rings. The molecule has 28 heavy (non-hydrogen) atoms. The Balaban J connectivity index is 0. The summed E-state index contributed by atoms with van der Waals surface area (Å²) < 4.78 is 0. The van der Waals surface area contributed by atoms with Crippen molar-refractivity contribution in [3.05, 3.63) is 108 Å². The van der Waals surface area contributed by atoms with E-state index in [0.717, 1.165) is 11.1 Å². The van der Waals surface area contributed by atoms with Crippen LogP contribution in [0.15, 0.2) is 91.0 Å². The monoisotopic (exact) mass is 381 g/mol. The van der Waals surface area contributed by atoms with E-state index in [2.05, 4.69) is 0 Å². The molecule has 0 amide bonds. The molecule has 0 fully saturated rings. The normalized spacial score (nSPS) is 11.3. The van der Waals surface area contributed by atoms with Crippen LogP contribution in [0.25, 0.3) is 0 Å². The Morgan fingerprint density at radius 2 is 1.14 bits per heavy atom. The number of aliphatic hydroxyl groups excluding tert-OH is 1. The summed E-state index contributed by atoms with van der Waals surface area (Å²) in [5.41, 5.74) is 8.55. The van der Waals surface area contributed by atoms with E-state index < -0.39 is 0 Å². The van der Waals surface area contributed by atoms with E-state index in [0.29, 0.717) is 0 Å². The number of Topliss-reactive ketones (excluding diaryl/α,β-unsaturated/α-hetero) is 1. The number of aliphatic hydroxyl groups is 1. The van der Waals surface area contributed by atoms with Gasteiger partial charge in [-0.2, -0.15) is 0 Å². The standard InChI is InChI=1S/C8H11N.C8H10O.C8H8O.CH4.H2/c3*1-7(9)8-5-3-2-4-6-8;;/h2-7H,9H2,1H3;2-7,9H,1H3;2-6H,1H3;1H4;1H. The first-order chi connectivity index (χ1) is 12.9. The van der Waals surface area contributed by atoms with E-state index in [1.54, 1.807) is 13.8 Å². The molecule has 0 saturated carbocycles. The van der Waals surface area contributed by atoms with E-state index >= 15 is 0 Å². The Bertz CT molecular complexity index is 717. The van der Waals surface area contributed by atoms with E-state index in [4.69, 9.17) is 10.8 Å². The molecule has 0 aliphatic carbocycles. The van der Waals surface area contributed by atoms with Crippen molar-refractivity contribution in [1.82, 2.24) is 0 Å². The van der Waals surface area contributed by atoms with Gasteiger partial charge in [-0.15, -0.1) is 0 Å². The van der Waals surface area contributed by atoms with Crippen LogP contribution in [0.4, 0.5) is 0 Å². The zero-order valence-corrected chi connectivity index (χ0v) is 16.2. The second-order valence-corrected chi connectivity index (χ2v) is 6.21. The average molecular weight is 382 g/mol. The molecule has 152 valence electrons. The van der Waals surface area contributed by atoms with E-state index in [1.165, 1.54) is 5.56 Å². The van der Waals surface area contributed by atoms with Crippen LogP contribution in [0.2, 0.25) is 0 Å². The van der Waals surface area contributed by atoms with Crippen LogP contribution < -0.4 is 5.73 Å². The van der Waals surface area contributed by atoms with Gasteiger partial charge in [0.15, 0.2) is 5.78 Å². The van der Waals surface area contributed by atoms with Gasteiger partial charge in [0.05, 0.1) is 6.10 Å². The summed E-state index contributed by atoms with van der Waals surface area (Å²) in [7, 11) is 0. The maximum absolute atomic E-state index is 10.6. The highest BCUT2D eigenvalue weighted by Crippen LogP contribution is 2.09. The maximum atomic E-state index is 10.6. The van der Waals surface area contributed by atoms with Crippen LogP contribution >= 0.6 is 0 Å². The largest absolute Gasteiger partial charge is 0.389 e. The Morgan fingerprint density at radius 1 is 0.786 bits per heavy atom. The SMILES string of the molecule is C.CC(=O)c1ccccc1.CC(N)c1ccccc1.CC(O)c1ccccc1.[HH]. The zero-order valence-electron chi connectivity index (χ0n) is 16.2. The fourth-order valence-corrected chi connectivity index (χ4v) is 2.16. The van der Waals surface area contributed by atoms with Crippen molar-refractivity contribution in [2.45, 2.75) is 40.3 Å². The lowest BCUT2D eigenvalue weighted by atomic mass is 10.1. The highest BCUT2D eigenvalue weighted by Gasteiger charge is 1.95. The number of rotatable bonds is 3. The van der Waals surface area contributed by atoms with E-state index in [-0.39, 0.29) is 26.8 Å². The summed E-state index contributed by atoms with van der Waals surface area (Å²) in [6.45, 7) is 5.31. The summed E-state index contributed by atoms with van der Waals surface area (Å²) in [5, 5.41) is 9.02. The lowest BCUT2D eigenvalue weighted by Crippen LogP contribution is -2.03. The topological polar surface area (TPSA) is 63.3 Å². The van der Waals surface area contributed by atoms with Crippen LogP contribution in [0.1, 0.15) is 63.3 Å². The third-order valence-electron chi connectivity index (χ3n) is 3.79. The molecule has 0 spiro atoms. The number of ketones is 1. The van der Waals surface area contributed by atoms with E-state index in [9.17, 15) is 4.79 Å². The van der Waals surface area contributed by atoms with Gasteiger partial charge in [0.1, 0.15) is 0 Å². The van der Waals surface area contributed by atoms with Crippen molar-refractivity contribution in [1.29, 1.82) is 0 Å². The quantitative estimate of drug-likeness (QED) is 0.530. The van der Waals surface area contributed by atoms with Crippen molar-refractivity contribution < 1.29 is 11.3 Å². The fourth-order valence-electron chi connectivity index (χ4n) is 2.16. The Kier molecular flexibility index (Phi) is 12.9. The van der Waals surface area contributed by atoms with Gasteiger partial charge in [0, 0.05) is 13.0 Å². The summed E-state index contributed by atoms with van der Waals surface area (Å²) in [4.78, 5) is 10.6. The molecule has 2 unspecified atom stereocenters. The van der Waals surface area contributed by atoms with Crippen molar-refractivity contribution in [2.75, 3.05) is 0 Å². The minimum Gasteiger partial charge on any atom is -0.389 e. The van der Waals surface area contributed by atoms with E-state index in [1.807, 2.05) is 97.9 Å². The van der Waals surface area contributed by atoms with Gasteiger partial charge in [0.25, 0.3) is 0 Å². The van der Waals surface area contributed by atoms with Crippen LogP contribution in [0.5, 0.6) is 0 Å². The molecule has 0 bridgehead atoms. The Hall–Kier alpha value is -2.75. The number of hydrogen-bond acceptors (Lipinski definition) is 3. The first-order valence-corrected chi connectivity index (χ1v) is 9.01. The molecule has 3 N–H and O–H groups in total. The van der Waals surface area contributed by atoms with Crippen LogP contribution in [-0.2, 0) is 0 Å².